The molecule has 0 aliphatic rings. The molecule has 0 aromatic heterocycles. The molecule has 0 bridgehead atoms. The standard InChI is InChI=1S/C15H14ClNO10S/c1-6-4-9(28(23,24)25)8(5-7(6)16)17-13(20)11(18)10(14(21)26-2)12(19)15(22)27-3/h4-5,10H,1-3H3,(H,17,20)(H,23,24,25)/t10-/m0/s1. The van der Waals surface area contributed by atoms with Gasteiger partial charge in [0, 0.05) is 5.02 Å². The van der Waals surface area contributed by atoms with Crippen molar-refractivity contribution in [3.05, 3.63) is 22.7 Å². The van der Waals surface area contributed by atoms with Crippen LogP contribution in [0.15, 0.2) is 17.0 Å². The molecule has 0 unspecified atom stereocenters. The van der Waals surface area contributed by atoms with E-state index in [4.69, 9.17) is 11.6 Å². The van der Waals surface area contributed by atoms with Gasteiger partial charge in [-0.05, 0) is 24.6 Å². The van der Waals surface area contributed by atoms with E-state index in [1.165, 1.54) is 6.92 Å². The highest BCUT2D eigenvalue weighted by molar-refractivity contribution is 7.86. The van der Waals surface area contributed by atoms with Gasteiger partial charge in [0.15, 0.2) is 5.92 Å². The number of halogens is 1. The van der Waals surface area contributed by atoms with E-state index in [-0.39, 0.29) is 10.6 Å². The van der Waals surface area contributed by atoms with Gasteiger partial charge in [-0.25, -0.2) is 4.79 Å². The van der Waals surface area contributed by atoms with E-state index in [0.717, 1.165) is 26.4 Å². The molecule has 1 rings (SSSR count). The summed E-state index contributed by atoms with van der Waals surface area (Å²) in [4.78, 5) is 58.5. The molecule has 2 N–H and O–H groups in total. The number of ether oxygens (including phenoxy) is 2. The maximum Gasteiger partial charge on any atom is 0.375 e. The molecule has 0 radical (unpaired) electrons. The number of carbonyl (C=O) groups is 5. The van der Waals surface area contributed by atoms with Crippen molar-refractivity contribution in [3.8, 4) is 0 Å². The van der Waals surface area contributed by atoms with Crippen LogP contribution in [0, 0.1) is 12.8 Å². The molecule has 0 heterocycles. The number of ketones is 2. The molecular weight excluding hydrogens is 422 g/mol. The summed E-state index contributed by atoms with van der Waals surface area (Å²) in [6.07, 6.45) is 0. The summed E-state index contributed by atoms with van der Waals surface area (Å²) in [7, 11) is -3.22. The monoisotopic (exact) mass is 435 g/mol. The summed E-state index contributed by atoms with van der Waals surface area (Å²) >= 11 is 5.84. The minimum Gasteiger partial charge on any atom is -0.468 e. The smallest absolute Gasteiger partial charge is 0.375 e. The zero-order chi connectivity index (χ0) is 21.8. The summed E-state index contributed by atoms with van der Waals surface area (Å²) in [5.41, 5.74) is -0.363. The number of aryl methyl sites for hydroxylation is 1. The highest BCUT2D eigenvalue weighted by Crippen LogP contribution is 2.28. The van der Waals surface area contributed by atoms with Crippen LogP contribution in [0.2, 0.25) is 5.02 Å². The molecule has 1 amide bonds. The Labute approximate surface area is 163 Å². The normalized spacial score (nSPS) is 11.9. The van der Waals surface area contributed by atoms with E-state index in [9.17, 15) is 36.9 Å². The molecule has 0 spiro atoms. The fourth-order valence-electron chi connectivity index (χ4n) is 1.95. The molecule has 1 aromatic rings. The van der Waals surface area contributed by atoms with Gasteiger partial charge in [0.1, 0.15) is 4.90 Å². The quantitative estimate of drug-likeness (QED) is 0.256. The molecule has 0 fully saturated rings. The number of esters is 2. The van der Waals surface area contributed by atoms with Gasteiger partial charge in [-0.3, -0.25) is 23.7 Å². The second-order valence-corrected chi connectivity index (χ2v) is 7.00. The average molecular weight is 436 g/mol. The number of hydrogen-bond donors (Lipinski definition) is 2. The molecule has 28 heavy (non-hydrogen) atoms. The number of methoxy groups -OCH3 is 2. The first-order chi connectivity index (χ1) is 12.8. The van der Waals surface area contributed by atoms with Gasteiger partial charge in [0.05, 0.1) is 19.9 Å². The summed E-state index contributed by atoms with van der Waals surface area (Å²) in [6, 6.07) is 1.86. The van der Waals surface area contributed by atoms with Crippen LogP contribution in [0.3, 0.4) is 0 Å². The van der Waals surface area contributed by atoms with E-state index < -0.39 is 56.0 Å². The van der Waals surface area contributed by atoms with Crippen molar-refractivity contribution >= 4 is 56.8 Å². The Bertz CT molecular complexity index is 969. The first-order valence-electron chi connectivity index (χ1n) is 7.18. The zero-order valence-electron chi connectivity index (χ0n) is 14.6. The van der Waals surface area contributed by atoms with Crippen LogP contribution in [0.4, 0.5) is 5.69 Å². The molecule has 152 valence electrons. The lowest BCUT2D eigenvalue weighted by atomic mass is 9.98. The van der Waals surface area contributed by atoms with Crippen molar-refractivity contribution < 1.29 is 46.4 Å². The SMILES string of the molecule is COC(=O)C(=O)[C@@H](C(=O)OC)C(=O)C(=O)Nc1cc(Cl)c(C)cc1S(=O)(=O)O. The fraction of sp³-hybridized carbons (Fsp3) is 0.267. The Hall–Kier alpha value is -2.83. The lowest BCUT2D eigenvalue weighted by Gasteiger charge is -2.13. The lowest BCUT2D eigenvalue weighted by molar-refractivity contribution is -0.163. The molecule has 0 saturated heterocycles. The first-order valence-corrected chi connectivity index (χ1v) is 8.99. The Kier molecular flexibility index (Phi) is 7.38. The number of hydrogen-bond acceptors (Lipinski definition) is 9. The fourth-order valence-corrected chi connectivity index (χ4v) is 2.83. The number of amides is 1. The minimum atomic E-state index is -4.84. The third-order valence-corrected chi connectivity index (χ3v) is 4.66. The molecule has 1 atom stereocenters. The van der Waals surface area contributed by atoms with E-state index in [0.29, 0.717) is 0 Å². The van der Waals surface area contributed by atoms with Gasteiger partial charge in [0.2, 0.25) is 5.78 Å². The largest absolute Gasteiger partial charge is 0.468 e. The maximum atomic E-state index is 12.2. The lowest BCUT2D eigenvalue weighted by Crippen LogP contribution is -2.43. The van der Waals surface area contributed by atoms with Crippen molar-refractivity contribution in [2.45, 2.75) is 11.8 Å². The van der Waals surface area contributed by atoms with Crippen molar-refractivity contribution in [3.63, 3.8) is 0 Å². The Balaban J connectivity index is 3.33. The number of benzene rings is 1. The van der Waals surface area contributed by atoms with Crippen molar-refractivity contribution in [1.82, 2.24) is 0 Å². The predicted molar refractivity (Wildman–Crippen MR) is 92.2 cm³/mol. The molecule has 13 heteroatoms. The average Bonchev–Trinajstić information content (AvgIpc) is 2.62. The Morgan fingerprint density at radius 1 is 1.07 bits per heavy atom. The second-order valence-electron chi connectivity index (χ2n) is 5.20. The van der Waals surface area contributed by atoms with E-state index in [2.05, 4.69) is 9.47 Å². The van der Waals surface area contributed by atoms with Gasteiger partial charge >= 0.3 is 11.9 Å². The molecule has 0 saturated carbocycles. The maximum absolute atomic E-state index is 12.2. The molecule has 11 nitrogen and oxygen atoms in total. The van der Waals surface area contributed by atoms with Crippen LogP contribution in [0.5, 0.6) is 0 Å². The first kappa shape index (κ1) is 23.2. The van der Waals surface area contributed by atoms with Gasteiger partial charge in [-0.15, -0.1) is 0 Å². The van der Waals surface area contributed by atoms with Crippen LogP contribution in [0.1, 0.15) is 5.56 Å². The van der Waals surface area contributed by atoms with Crippen LogP contribution in [-0.4, -0.2) is 56.6 Å². The molecule has 0 aliphatic heterocycles. The van der Waals surface area contributed by atoms with Crippen LogP contribution in [-0.2, 0) is 43.6 Å². The predicted octanol–water partition coefficient (Wildman–Crippen LogP) is -0.0660. The highest BCUT2D eigenvalue weighted by atomic mass is 35.5. The molecular formula is C15H14ClNO10S. The van der Waals surface area contributed by atoms with Gasteiger partial charge in [-0.1, -0.05) is 11.6 Å². The van der Waals surface area contributed by atoms with Crippen LogP contribution < -0.4 is 5.32 Å². The van der Waals surface area contributed by atoms with E-state index in [1.807, 2.05) is 5.32 Å². The Morgan fingerprint density at radius 3 is 2.11 bits per heavy atom. The van der Waals surface area contributed by atoms with E-state index >= 15 is 0 Å². The van der Waals surface area contributed by atoms with E-state index in [1.54, 1.807) is 0 Å². The number of Topliss-reactive ketones (excluding diaryl/α,β-unsaturated/α-hetero) is 2. The zero-order valence-corrected chi connectivity index (χ0v) is 16.2. The number of carbonyl (C=O) groups excluding carboxylic acids is 5. The van der Waals surface area contributed by atoms with Gasteiger partial charge in [-0.2, -0.15) is 8.42 Å². The highest BCUT2D eigenvalue weighted by Gasteiger charge is 2.43. The molecule has 0 aliphatic carbocycles. The van der Waals surface area contributed by atoms with Crippen molar-refractivity contribution in [1.29, 1.82) is 0 Å². The summed E-state index contributed by atoms with van der Waals surface area (Å²) < 4.78 is 40.6. The van der Waals surface area contributed by atoms with Gasteiger partial charge in [0.25, 0.3) is 21.8 Å². The van der Waals surface area contributed by atoms with Crippen LogP contribution >= 0.6 is 11.6 Å². The third kappa shape index (κ3) is 5.12. The second kappa shape index (κ2) is 8.91. The summed E-state index contributed by atoms with van der Waals surface area (Å²) in [5, 5.41) is 1.81. The van der Waals surface area contributed by atoms with Crippen LogP contribution in [0.25, 0.3) is 0 Å². The summed E-state index contributed by atoms with van der Waals surface area (Å²) in [6.45, 7) is 1.41. The number of rotatable bonds is 7. The minimum absolute atomic E-state index is 0.0229. The number of nitrogens with one attached hydrogen (secondary N) is 1. The topological polar surface area (TPSA) is 170 Å². The number of anilines is 1. The molecule has 1 aromatic carbocycles. The Morgan fingerprint density at radius 2 is 1.64 bits per heavy atom. The van der Waals surface area contributed by atoms with Crippen molar-refractivity contribution in [2.24, 2.45) is 5.92 Å². The van der Waals surface area contributed by atoms with Crippen molar-refractivity contribution in [2.75, 3.05) is 19.5 Å². The summed E-state index contributed by atoms with van der Waals surface area (Å²) in [5.74, 6) is -10.6. The van der Waals surface area contributed by atoms with Gasteiger partial charge < -0.3 is 14.8 Å². The third-order valence-electron chi connectivity index (χ3n) is 3.36.